The molecule has 0 fully saturated rings. The van der Waals surface area contributed by atoms with Gasteiger partial charge in [-0.05, 0) is 53.9 Å². The Kier molecular flexibility index (Phi) is 3.19. The summed E-state index contributed by atoms with van der Waals surface area (Å²) in [5.74, 6) is 0. The second-order valence-corrected chi connectivity index (χ2v) is 3.66. The summed E-state index contributed by atoms with van der Waals surface area (Å²) >= 11 is 0. The highest BCUT2D eigenvalue weighted by atomic mass is 14.2. The molecule has 0 saturated carbocycles. The zero-order valence-electron chi connectivity index (χ0n) is 9.07. The Labute approximate surface area is 100 Å². The lowest BCUT2D eigenvalue weighted by Crippen LogP contribution is -1.90. The lowest BCUT2D eigenvalue weighted by Gasteiger charge is -2.02. The Morgan fingerprint density at radius 3 is 1.71 bits per heavy atom. The van der Waals surface area contributed by atoms with Crippen LogP contribution in [-0.4, -0.2) is 0 Å². The molecular formula is C15H8N2. The number of rotatable bonds is 2. The van der Waals surface area contributed by atoms with Crippen LogP contribution in [-0.2, 0) is 6.42 Å². The molecule has 0 atom stereocenters. The fourth-order valence-electron chi connectivity index (χ4n) is 1.61. The molecule has 2 aromatic rings. The van der Waals surface area contributed by atoms with Crippen LogP contribution in [0.1, 0.15) is 22.3 Å². The lowest BCUT2D eigenvalue weighted by molar-refractivity contribution is 1.18. The number of benzene rings is 2. The molecule has 0 bridgehead atoms. The molecular weight excluding hydrogens is 208 g/mol. The van der Waals surface area contributed by atoms with Gasteiger partial charge in [0.05, 0.1) is 23.3 Å². The third-order valence-electron chi connectivity index (χ3n) is 2.36. The molecule has 0 spiro atoms. The topological polar surface area (TPSA) is 47.6 Å². The Bertz CT molecular complexity index is 560. The summed E-state index contributed by atoms with van der Waals surface area (Å²) in [6, 6.07) is 20.7. The predicted molar refractivity (Wildman–Crippen MR) is 62.8 cm³/mol. The van der Waals surface area contributed by atoms with E-state index < -0.39 is 0 Å². The van der Waals surface area contributed by atoms with Gasteiger partial charge in [-0.2, -0.15) is 10.5 Å². The van der Waals surface area contributed by atoms with Crippen LogP contribution in [0.4, 0.5) is 0 Å². The normalized spacial score (nSPS) is 9.29. The second-order valence-electron chi connectivity index (χ2n) is 3.66. The van der Waals surface area contributed by atoms with E-state index in [1.54, 1.807) is 12.1 Å². The molecule has 17 heavy (non-hydrogen) atoms. The third-order valence-corrected chi connectivity index (χ3v) is 2.36. The van der Waals surface area contributed by atoms with E-state index in [0.717, 1.165) is 11.1 Å². The standard InChI is InChI=1S/C15H8N2/c16-10-14-5-1-3-12(8-14)7-13-4-2-6-15(9-13)11-17/h3-6,8-9H,7H2. The van der Waals surface area contributed by atoms with Crippen LogP contribution in [0.2, 0.25) is 0 Å². The largest absolute Gasteiger partial charge is 0.192 e. The molecule has 0 aliphatic heterocycles. The first-order chi connectivity index (χ1) is 8.31. The van der Waals surface area contributed by atoms with Gasteiger partial charge in [-0.1, -0.05) is 12.1 Å². The van der Waals surface area contributed by atoms with Gasteiger partial charge in [0.15, 0.2) is 0 Å². The number of hydrogen-bond donors (Lipinski definition) is 0. The molecule has 78 valence electrons. The molecule has 2 heteroatoms. The number of nitrogens with zero attached hydrogens (tertiary/aromatic N) is 2. The highest BCUT2D eigenvalue weighted by molar-refractivity contribution is 5.37. The first kappa shape index (κ1) is 10.9. The minimum Gasteiger partial charge on any atom is -0.192 e. The maximum atomic E-state index is 8.79. The summed E-state index contributed by atoms with van der Waals surface area (Å²) < 4.78 is 0. The van der Waals surface area contributed by atoms with Crippen molar-refractivity contribution in [3.63, 3.8) is 0 Å². The smallest absolute Gasteiger partial charge is 0.0991 e. The van der Waals surface area contributed by atoms with Crippen LogP contribution in [0.15, 0.2) is 36.4 Å². The van der Waals surface area contributed by atoms with Gasteiger partial charge in [-0.3, -0.25) is 0 Å². The molecule has 2 aromatic carbocycles. The molecule has 0 saturated heterocycles. The first-order valence-corrected chi connectivity index (χ1v) is 5.12. The molecule has 0 N–H and O–H groups in total. The Balaban J connectivity index is 2.26. The molecule has 2 nitrogen and oxygen atoms in total. The lowest BCUT2D eigenvalue weighted by atomic mass is 10.0. The van der Waals surface area contributed by atoms with Gasteiger partial charge < -0.3 is 0 Å². The van der Waals surface area contributed by atoms with Gasteiger partial charge in [0.2, 0.25) is 0 Å². The van der Waals surface area contributed by atoms with Gasteiger partial charge in [0, 0.05) is 0 Å². The van der Waals surface area contributed by atoms with E-state index in [1.165, 1.54) is 0 Å². The minimum atomic E-state index is 0.600. The van der Waals surface area contributed by atoms with Crippen molar-refractivity contribution in [3.05, 3.63) is 70.8 Å². The van der Waals surface area contributed by atoms with E-state index in [1.807, 2.05) is 24.3 Å². The fourth-order valence-corrected chi connectivity index (χ4v) is 1.61. The van der Waals surface area contributed by atoms with Gasteiger partial charge >= 0.3 is 0 Å². The van der Waals surface area contributed by atoms with Crippen molar-refractivity contribution in [2.24, 2.45) is 0 Å². The maximum absolute atomic E-state index is 8.79. The van der Waals surface area contributed by atoms with Gasteiger partial charge in [0.1, 0.15) is 0 Å². The van der Waals surface area contributed by atoms with E-state index in [0.29, 0.717) is 17.5 Å². The zero-order chi connectivity index (χ0) is 12.1. The van der Waals surface area contributed by atoms with E-state index in [2.05, 4.69) is 24.3 Å². The zero-order valence-corrected chi connectivity index (χ0v) is 9.07. The number of nitriles is 2. The van der Waals surface area contributed by atoms with Crippen molar-refractivity contribution in [2.75, 3.05) is 0 Å². The summed E-state index contributed by atoms with van der Waals surface area (Å²) in [6.07, 6.45) is 0.679. The van der Waals surface area contributed by atoms with Gasteiger partial charge in [0.25, 0.3) is 0 Å². The molecule has 0 amide bonds. The van der Waals surface area contributed by atoms with E-state index in [9.17, 15) is 0 Å². The molecule has 0 unspecified atom stereocenters. The summed E-state index contributed by atoms with van der Waals surface area (Å²) in [7, 11) is 0. The number of hydrogen-bond acceptors (Lipinski definition) is 2. The quantitative estimate of drug-likeness (QED) is 0.774. The maximum Gasteiger partial charge on any atom is 0.0991 e. The highest BCUT2D eigenvalue weighted by Gasteiger charge is 1.99. The average Bonchev–Trinajstić information content (AvgIpc) is 2.39. The van der Waals surface area contributed by atoms with Gasteiger partial charge in [-0.15, -0.1) is 0 Å². The van der Waals surface area contributed by atoms with Crippen molar-refractivity contribution < 1.29 is 0 Å². The van der Waals surface area contributed by atoms with Crippen LogP contribution in [0.3, 0.4) is 0 Å². The monoisotopic (exact) mass is 216 g/mol. The van der Waals surface area contributed by atoms with Crippen molar-refractivity contribution in [1.29, 1.82) is 10.5 Å². The Hall–Kier alpha value is -2.58. The van der Waals surface area contributed by atoms with Crippen LogP contribution in [0.5, 0.6) is 0 Å². The van der Waals surface area contributed by atoms with Crippen LogP contribution >= 0.6 is 0 Å². The van der Waals surface area contributed by atoms with Crippen LogP contribution in [0.25, 0.3) is 0 Å². The SMILES string of the molecule is N#Cc1c[c]cc(Cc2c[c]cc(C#N)c2)c1. The summed E-state index contributed by atoms with van der Waals surface area (Å²) in [5, 5.41) is 17.6. The van der Waals surface area contributed by atoms with E-state index in [4.69, 9.17) is 10.5 Å². The van der Waals surface area contributed by atoms with E-state index in [-0.39, 0.29) is 0 Å². The molecule has 0 heterocycles. The van der Waals surface area contributed by atoms with Crippen molar-refractivity contribution in [2.45, 2.75) is 6.42 Å². The molecule has 0 aliphatic carbocycles. The van der Waals surface area contributed by atoms with Crippen LogP contribution in [0, 0.1) is 34.8 Å². The molecule has 2 radical (unpaired) electrons. The third kappa shape index (κ3) is 2.71. The fraction of sp³-hybridized carbons (Fsp3) is 0.0667. The molecule has 0 aliphatic rings. The predicted octanol–water partition coefficient (Wildman–Crippen LogP) is 2.62. The van der Waals surface area contributed by atoms with Crippen molar-refractivity contribution in [3.8, 4) is 12.1 Å². The molecule has 0 aromatic heterocycles. The van der Waals surface area contributed by atoms with Crippen molar-refractivity contribution in [1.82, 2.24) is 0 Å². The summed E-state index contributed by atoms with van der Waals surface area (Å²) in [6.45, 7) is 0. The average molecular weight is 216 g/mol. The summed E-state index contributed by atoms with van der Waals surface area (Å²) in [4.78, 5) is 0. The van der Waals surface area contributed by atoms with Crippen molar-refractivity contribution >= 4 is 0 Å². The second kappa shape index (κ2) is 4.96. The Morgan fingerprint density at radius 2 is 1.29 bits per heavy atom. The summed E-state index contributed by atoms with van der Waals surface area (Å²) in [5.41, 5.74) is 3.21. The van der Waals surface area contributed by atoms with E-state index >= 15 is 0 Å². The molecule has 2 rings (SSSR count). The minimum absolute atomic E-state index is 0.600. The van der Waals surface area contributed by atoms with Gasteiger partial charge in [-0.25, -0.2) is 0 Å². The van der Waals surface area contributed by atoms with Crippen LogP contribution < -0.4 is 0 Å². The Morgan fingerprint density at radius 1 is 0.824 bits per heavy atom. The first-order valence-electron chi connectivity index (χ1n) is 5.12. The highest BCUT2D eigenvalue weighted by Crippen LogP contribution is 2.12.